The van der Waals surface area contributed by atoms with E-state index in [4.69, 9.17) is 11.6 Å². The first-order valence-corrected chi connectivity index (χ1v) is 6.40. The van der Waals surface area contributed by atoms with E-state index in [0.29, 0.717) is 5.82 Å². The van der Waals surface area contributed by atoms with Crippen molar-refractivity contribution >= 4 is 35.1 Å². The summed E-state index contributed by atoms with van der Waals surface area (Å²) in [4.78, 5) is 19.9. The number of hydrogen-bond donors (Lipinski definition) is 1. The van der Waals surface area contributed by atoms with Crippen molar-refractivity contribution in [3.05, 3.63) is 17.5 Å². The van der Waals surface area contributed by atoms with Crippen molar-refractivity contribution in [1.82, 2.24) is 9.97 Å². The predicted octanol–water partition coefficient (Wildman–Crippen LogP) is 2.35. The molecule has 16 heavy (non-hydrogen) atoms. The van der Waals surface area contributed by atoms with E-state index in [2.05, 4.69) is 15.3 Å². The second kappa shape index (κ2) is 4.59. The van der Waals surface area contributed by atoms with Gasteiger partial charge >= 0.3 is 0 Å². The van der Waals surface area contributed by atoms with Crippen LogP contribution in [0.15, 0.2) is 12.4 Å². The van der Waals surface area contributed by atoms with E-state index in [1.54, 1.807) is 11.8 Å². The number of anilines is 1. The molecule has 0 aromatic carbocycles. The van der Waals surface area contributed by atoms with Crippen LogP contribution in [0.1, 0.15) is 19.8 Å². The van der Waals surface area contributed by atoms with Gasteiger partial charge in [0.05, 0.1) is 4.75 Å². The zero-order chi connectivity index (χ0) is 11.6. The van der Waals surface area contributed by atoms with Gasteiger partial charge in [-0.2, -0.15) is 0 Å². The number of hydrogen-bond acceptors (Lipinski definition) is 4. The van der Waals surface area contributed by atoms with Crippen molar-refractivity contribution in [2.45, 2.75) is 24.5 Å². The Morgan fingerprint density at radius 2 is 2.31 bits per heavy atom. The molecule has 86 valence electrons. The van der Waals surface area contributed by atoms with Crippen LogP contribution in [0.4, 0.5) is 5.82 Å². The molecule has 1 unspecified atom stereocenters. The summed E-state index contributed by atoms with van der Waals surface area (Å²) >= 11 is 7.50. The Morgan fingerprint density at radius 3 is 2.94 bits per heavy atom. The number of thioether (sulfide) groups is 1. The fraction of sp³-hybridized carbons (Fsp3) is 0.500. The quantitative estimate of drug-likeness (QED) is 0.884. The van der Waals surface area contributed by atoms with Crippen molar-refractivity contribution in [2.24, 2.45) is 0 Å². The van der Waals surface area contributed by atoms with Crippen LogP contribution >= 0.6 is 23.4 Å². The number of nitrogens with one attached hydrogen (secondary N) is 1. The summed E-state index contributed by atoms with van der Waals surface area (Å²) < 4.78 is -0.360. The topological polar surface area (TPSA) is 54.9 Å². The fourth-order valence-corrected chi connectivity index (χ4v) is 2.97. The maximum atomic E-state index is 12.0. The number of halogens is 1. The number of amides is 1. The van der Waals surface area contributed by atoms with Gasteiger partial charge in [0.25, 0.3) is 0 Å². The molecule has 1 atom stereocenters. The van der Waals surface area contributed by atoms with E-state index >= 15 is 0 Å². The molecule has 1 aliphatic rings. The highest BCUT2D eigenvalue weighted by atomic mass is 35.5. The van der Waals surface area contributed by atoms with Crippen LogP contribution in [0, 0.1) is 0 Å². The Bertz CT molecular complexity index is 407. The minimum absolute atomic E-state index is 0.0441. The van der Waals surface area contributed by atoms with Crippen molar-refractivity contribution in [3.8, 4) is 0 Å². The first-order chi connectivity index (χ1) is 7.62. The fourth-order valence-electron chi connectivity index (χ4n) is 1.60. The standard InChI is InChI=1S/C10H12ClN3OS/c1-10(3-2-6-16-10)9(15)14-8-7(11)12-4-5-13-8/h4-5H,2-3,6H2,1H3,(H,13,14,15). The lowest BCUT2D eigenvalue weighted by Gasteiger charge is -2.21. The minimum atomic E-state index is -0.360. The van der Waals surface area contributed by atoms with Crippen molar-refractivity contribution in [2.75, 3.05) is 11.1 Å². The van der Waals surface area contributed by atoms with Gasteiger partial charge in [0.1, 0.15) is 0 Å². The summed E-state index contributed by atoms with van der Waals surface area (Å²) in [6.07, 6.45) is 4.96. The molecule has 1 aliphatic heterocycles. The molecule has 2 heterocycles. The smallest absolute Gasteiger partial charge is 0.241 e. The summed E-state index contributed by atoms with van der Waals surface area (Å²) in [6.45, 7) is 1.95. The van der Waals surface area contributed by atoms with E-state index in [-0.39, 0.29) is 15.8 Å². The molecule has 1 aromatic rings. The van der Waals surface area contributed by atoms with Crippen LogP contribution in [0.3, 0.4) is 0 Å². The Morgan fingerprint density at radius 1 is 1.56 bits per heavy atom. The van der Waals surface area contributed by atoms with E-state index < -0.39 is 0 Å². The monoisotopic (exact) mass is 257 g/mol. The highest BCUT2D eigenvalue weighted by molar-refractivity contribution is 8.01. The summed E-state index contributed by atoms with van der Waals surface area (Å²) in [5, 5.41) is 2.95. The molecule has 0 saturated carbocycles. The van der Waals surface area contributed by atoms with Crippen molar-refractivity contribution in [1.29, 1.82) is 0 Å². The van der Waals surface area contributed by atoms with Gasteiger partial charge in [0.15, 0.2) is 11.0 Å². The van der Waals surface area contributed by atoms with Gasteiger partial charge in [-0.05, 0) is 25.5 Å². The third kappa shape index (κ3) is 2.30. The van der Waals surface area contributed by atoms with Gasteiger partial charge in [-0.25, -0.2) is 9.97 Å². The summed E-state index contributed by atoms with van der Waals surface area (Å²) in [7, 11) is 0. The largest absolute Gasteiger partial charge is 0.307 e. The second-order valence-corrected chi connectivity index (χ2v) is 5.79. The Hall–Kier alpha value is -0.810. The SMILES string of the molecule is CC1(C(=O)Nc2nccnc2Cl)CCCS1. The van der Waals surface area contributed by atoms with Gasteiger partial charge in [-0.1, -0.05) is 11.6 Å². The first kappa shape index (κ1) is 11.7. The number of carbonyl (C=O) groups excluding carboxylic acids is 1. The maximum absolute atomic E-state index is 12.0. The minimum Gasteiger partial charge on any atom is -0.307 e. The highest BCUT2D eigenvalue weighted by Gasteiger charge is 2.37. The lowest BCUT2D eigenvalue weighted by atomic mass is 10.1. The molecule has 1 amide bonds. The maximum Gasteiger partial charge on any atom is 0.241 e. The molecule has 1 fully saturated rings. The molecule has 0 spiro atoms. The van der Waals surface area contributed by atoms with Gasteiger partial charge in [-0.3, -0.25) is 4.79 Å². The lowest BCUT2D eigenvalue weighted by Crippen LogP contribution is -2.35. The predicted molar refractivity (Wildman–Crippen MR) is 65.8 cm³/mol. The van der Waals surface area contributed by atoms with Crippen LogP contribution in [0.2, 0.25) is 5.15 Å². The van der Waals surface area contributed by atoms with E-state index in [9.17, 15) is 4.79 Å². The molecule has 0 aliphatic carbocycles. The summed E-state index contributed by atoms with van der Waals surface area (Å²) in [5.74, 6) is 1.32. The first-order valence-electron chi connectivity index (χ1n) is 5.04. The molecule has 1 aromatic heterocycles. The summed E-state index contributed by atoms with van der Waals surface area (Å²) in [5.41, 5.74) is 0. The van der Waals surface area contributed by atoms with Gasteiger partial charge in [0.2, 0.25) is 5.91 Å². The molecule has 1 N–H and O–H groups in total. The number of nitrogens with zero attached hydrogens (tertiary/aromatic N) is 2. The van der Waals surface area contributed by atoms with E-state index in [1.165, 1.54) is 12.4 Å². The van der Waals surface area contributed by atoms with E-state index in [0.717, 1.165) is 18.6 Å². The number of rotatable bonds is 2. The second-order valence-electron chi connectivity index (χ2n) is 3.83. The Labute approximate surface area is 103 Å². The zero-order valence-electron chi connectivity index (χ0n) is 8.86. The van der Waals surface area contributed by atoms with Crippen LogP contribution in [0.5, 0.6) is 0 Å². The van der Waals surface area contributed by atoms with Gasteiger partial charge < -0.3 is 5.32 Å². The average Bonchev–Trinajstić information content (AvgIpc) is 2.70. The Balaban J connectivity index is 2.10. The summed E-state index contributed by atoms with van der Waals surface area (Å²) in [6, 6.07) is 0. The molecule has 0 bridgehead atoms. The molecule has 6 heteroatoms. The number of aromatic nitrogens is 2. The molecule has 4 nitrogen and oxygen atoms in total. The van der Waals surface area contributed by atoms with Crippen molar-refractivity contribution < 1.29 is 4.79 Å². The van der Waals surface area contributed by atoms with Gasteiger partial charge in [0, 0.05) is 12.4 Å². The van der Waals surface area contributed by atoms with Gasteiger partial charge in [-0.15, -0.1) is 11.8 Å². The molecular weight excluding hydrogens is 246 g/mol. The molecule has 0 radical (unpaired) electrons. The molecule has 1 saturated heterocycles. The van der Waals surface area contributed by atoms with Crippen LogP contribution in [0.25, 0.3) is 0 Å². The Kier molecular flexibility index (Phi) is 3.35. The molecular formula is C10H12ClN3OS. The molecule has 2 rings (SSSR count). The highest BCUT2D eigenvalue weighted by Crippen LogP contribution is 2.38. The lowest BCUT2D eigenvalue weighted by molar-refractivity contribution is -0.118. The third-order valence-electron chi connectivity index (χ3n) is 2.58. The van der Waals surface area contributed by atoms with Crippen LogP contribution in [-0.2, 0) is 4.79 Å². The van der Waals surface area contributed by atoms with E-state index in [1.807, 2.05) is 6.92 Å². The average molecular weight is 258 g/mol. The zero-order valence-corrected chi connectivity index (χ0v) is 10.4. The third-order valence-corrected chi connectivity index (χ3v) is 4.38. The number of carbonyl (C=O) groups is 1. The normalized spacial score (nSPS) is 24.4. The van der Waals surface area contributed by atoms with Crippen LogP contribution < -0.4 is 5.32 Å². The van der Waals surface area contributed by atoms with Crippen molar-refractivity contribution in [3.63, 3.8) is 0 Å². The van der Waals surface area contributed by atoms with Crippen LogP contribution in [-0.4, -0.2) is 26.4 Å².